The Kier molecular flexibility index (Phi) is 9.18. The molecule has 12 heteroatoms. The summed E-state index contributed by atoms with van der Waals surface area (Å²) in [7, 11) is 8.17. The van der Waals surface area contributed by atoms with Gasteiger partial charge in [0.1, 0.15) is 24.1 Å². The fourth-order valence-corrected chi connectivity index (χ4v) is 10.2. The topological polar surface area (TPSA) is 146 Å². The van der Waals surface area contributed by atoms with Crippen molar-refractivity contribution in [3.8, 4) is 51.7 Å². The van der Waals surface area contributed by atoms with Crippen LogP contribution < -0.4 is 24.3 Å². The zero-order valence-electron chi connectivity index (χ0n) is 32.1. The molecule has 2 bridgehead atoms. The molecule has 4 aromatic rings. The smallest absolute Gasteiger partial charge is 0.407 e. The molecule has 55 heavy (non-hydrogen) atoms. The second-order valence-electron chi connectivity index (χ2n) is 14.8. The number of methoxy groups -OCH3 is 4. The molecular weight excluding hydrogens is 700 g/mol. The van der Waals surface area contributed by atoms with E-state index >= 15 is 0 Å². The summed E-state index contributed by atoms with van der Waals surface area (Å²) in [6, 6.07) is 16.3. The lowest BCUT2D eigenvalue weighted by atomic mass is 9.71. The van der Waals surface area contributed by atoms with Crippen molar-refractivity contribution in [1.82, 2.24) is 15.1 Å². The number of nitrogens with zero attached hydrogens (tertiary/aromatic N) is 3. The quantitative estimate of drug-likeness (QED) is 0.194. The molecule has 4 aromatic carbocycles. The van der Waals surface area contributed by atoms with Gasteiger partial charge in [-0.15, -0.1) is 0 Å². The van der Waals surface area contributed by atoms with Gasteiger partial charge in [-0.1, -0.05) is 48.5 Å². The van der Waals surface area contributed by atoms with Crippen LogP contribution in [0.3, 0.4) is 0 Å². The van der Waals surface area contributed by atoms with Gasteiger partial charge in [0.05, 0.1) is 46.6 Å². The number of aromatic hydroxyl groups is 2. The zero-order chi connectivity index (χ0) is 38.9. The number of fused-ring (bicyclic) bond motifs is 10. The van der Waals surface area contributed by atoms with E-state index in [-0.39, 0.29) is 42.4 Å². The molecule has 12 nitrogen and oxygen atoms in total. The molecule has 3 aliphatic heterocycles. The Labute approximate surface area is 320 Å². The molecule has 0 spiro atoms. The molecule has 3 N–H and O–H groups in total. The van der Waals surface area contributed by atoms with Gasteiger partial charge in [0, 0.05) is 57.9 Å². The van der Waals surface area contributed by atoms with Crippen LogP contribution >= 0.6 is 0 Å². The molecule has 3 heterocycles. The molecule has 1 aliphatic carbocycles. The van der Waals surface area contributed by atoms with E-state index < -0.39 is 30.3 Å². The van der Waals surface area contributed by atoms with Crippen LogP contribution in [0.5, 0.6) is 34.5 Å². The highest BCUT2D eigenvalue weighted by molar-refractivity contribution is 5.79. The van der Waals surface area contributed by atoms with Crippen LogP contribution in [0, 0.1) is 25.2 Å². The maximum atomic E-state index is 13.7. The van der Waals surface area contributed by atoms with Crippen LogP contribution in [0.2, 0.25) is 0 Å². The van der Waals surface area contributed by atoms with Crippen LogP contribution in [0.15, 0.2) is 48.5 Å². The Balaban J connectivity index is 1.20. The van der Waals surface area contributed by atoms with Crippen molar-refractivity contribution in [3.05, 3.63) is 93.0 Å². The van der Waals surface area contributed by atoms with Crippen molar-refractivity contribution in [2.45, 2.75) is 62.8 Å². The van der Waals surface area contributed by atoms with E-state index in [0.717, 1.165) is 33.4 Å². The van der Waals surface area contributed by atoms with Gasteiger partial charge in [-0.05, 0) is 56.0 Å². The second kappa shape index (κ2) is 13.9. The lowest BCUT2D eigenvalue weighted by Gasteiger charge is -2.60. The molecule has 1 fully saturated rings. The highest BCUT2D eigenvalue weighted by Gasteiger charge is 2.57. The van der Waals surface area contributed by atoms with E-state index in [1.54, 1.807) is 14.2 Å². The first-order valence-corrected chi connectivity index (χ1v) is 18.5. The summed E-state index contributed by atoms with van der Waals surface area (Å²) in [5, 5.41) is 37.9. The van der Waals surface area contributed by atoms with Gasteiger partial charge in [-0.3, -0.25) is 9.80 Å². The number of alkyl carbamates (subject to hydrolysis) is 1. The van der Waals surface area contributed by atoms with Crippen molar-refractivity contribution in [2.24, 2.45) is 0 Å². The van der Waals surface area contributed by atoms with Crippen molar-refractivity contribution in [3.63, 3.8) is 0 Å². The number of benzene rings is 4. The van der Waals surface area contributed by atoms with E-state index in [0.29, 0.717) is 52.3 Å². The summed E-state index contributed by atoms with van der Waals surface area (Å²) in [5.74, 6) is 1.60. The summed E-state index contributed by atoms with van der Waals surface area (Å²) < 4.78 is 29.4. The fourth-order valence-electron chi connectivity index (χ4n) is 10.2. The number of likely N-dealkylation sites (N-methyl/N-ethyl adjacent to an activating group) is 1. The van der Waals surface area contributed by atoms with E-state index in [1.165, 1.54) is 14.2 Å². The zero-order valence-corrected chi connectivity index (χ0v) is 32.1. The van der Waals surface area contributed by atoms with E-state index in [4.69, 9.17) is 23.7 Å². The van der Waals surface area contributed by atoms with Crippen molar-refractivity contribution in [2.75, 3.05) is 48.6 Å². The number of amides is 1. The number of nitrogens with one attached hydrogen (secondary N) is 1. The summed E-state index contributed by atoms with van der Waals surface area (Å²) in [5.41, 5.74) is 8.54. The number of ether oxygens (including phenoxy) is 5. The standard InChI is InChI=1S/C43H46N4O8/c1-21-39(51-4)27-17-31-36-35-28(40(52-5)22(2)42(54-7)38(35)49)16-30(46(36)3)32(18-44)47(31)33(34(27)37(48)41(21)53-6)19-45-43(50)55-20-29-25-14-10-8-12-23(25)24-13-9-11-15-26(24)29/h8-15,29-33,36,48-49H,16-17,19-20H2,1-7H3,(H,45,50)/t30?,31-,32-,33-,36-/m0/s1. The van der Waals surface area contributed by atoms with Crippen LogP contribution in [0.4, 0.5) is 4.79 Å². The number of carbonyl (C=O) groups excluding carboxylic acids is 1. The average molecular weight is 747 g/mol. The van der Waals surface area contributed by atoms with Gasteiger partial charge in [-0.25, -0.2) is 4.79 Å². The maximum Gasteiger partial charge on any atom is 0.407 e. The minimum atomic E-state index is -0.709. The van der Waals surface area contributed by atoms with E-state index in [1.807, 2.05) is 45.2 Å². The van der Waals surface area contributed by atoms with Crippen molar-refractivity contribution >= 4 is 6.09 Å². The molecule has 5 atom stereocenters. The molecule has 4 aliphatic rings. The third kappa shape index (κ3) is 5.28. The number of nitriles is 1. The van der Waals surface area contributed by atoms with E-state index in [2.05, 4.69) is 45.5 Å². The van der Waals surface area contributed by atoms with Gasteiger partial charge in [0.2, 0.25) is 0 Å². The molecule has 286 valence electrons. The maximum absolute atomic E-state index is 13.7. The third-order valence-electron chi connectivity index (χ3n) is 12.4. The predicted molar refractivity (Wildman–Crippen MR) is 204 cm³/mol. The van der Waals surface area contributed by atoms with E-state index in [9.17, 15) is 20.3 Å². The molecule has 1 saturated heterocycles. The average Bonchev–Trinajstić information content (AvgIpc) is 3.50. The number of piperazine rings is 1. The van der Waals surface area contributed by atoms with Gasteiger partial charge in [0.25, 0.3) is 0 Å². The second-order valence-corrected chi connectivity index (χ2v) is 14.8. The van der Waals surface area contributed by atoms with Gasteiger partial charge in [-0.2, -0.15) is 5.26 Å². The Bertz CT molecular complexity index is 2210. The Morgan fingerprint density at radius 2 is 1.31 bits per heavy atom. The number of phenols is 2. The number of hydrogen-bond acceptors (Lipinski definition) is 11. The molecule has 0 saturated carbocycles. The van der Waals surface area contributed by atoms with Crippen LogP contribution in [-0.2, 0) is 17.6 Å². The Hall–Kier alpha value is -5.64. The SMILES string of the molecule is COc1c(C)c(OC)c2c(c1O)[C@@H]1[C@@H]3Cc4c(OC)c(C)c(OC)c(O)c4[C@H](CNC(=O)OCC4c5ccccc5-c5ccccc54)N3[C@@H](C#N)C(C2)N1C. The lowest BCUT2D eigenvalue weighted by molar-refractivity contribution is -0.0726. The molecule has 1 amide bonds. The Morgan fingerprint density at radius 3 is 1.85 bits per heavy atom. The summed E-state index contributed by atoms with van der Waals surface area (Å²) in [6.45, 7) is 3.82. The minimum absolute atomic E-state index is 0.00379. The summed E-state index contributed by atoms with van der Waals surface area (Å²) >= 11 is 0. The lowest BCUT2D eigenvalue weighted by Crippen LogP contribution is -2.68. The van der Waals surface area contributed by atoms with Crippen LogP contribution in [0.25, 0.3) is 11.1 Å². The molecule has 8 rings (SSSR count). The summed E-state index contributed by atoms with van der Waals surface area (Å²) in [4.78, 5) is 18.0. The Morgan fingerprint density at radius 1 is 0.800 bits per heavy atom. The minimum Gasteiger partial charge on any atom is -0.504 e. The van der Waals surface area contributed by atoms with Crippen LogP contribution in [0.1, 0.15) is 62.5 Å². The number of carbonyl (C=O) groups is 1. The highest BCUT2D eigenvalue weighted by Crippen LogP contribution is 2.59. The highest BCUT2D eigenvalue weighted by atomic mass is 16.5. The first kappa shape index (κ1) is 36.3. The third-order valence-corrected chi connectivity index (χ3v) is 12.4. The monoisotopic (exact) mass is 746 g/mol. The first-order valence-electron chi connectivity index (χ1n) is 18.5. The van der Waals surface area contributed by atoms with Gasteiger partial charge < -0.3 is 39.2 Å². The predicted octanol–water partition coefficient (Wildman–Crippen LogP) is 6.06. The number of phenolic OH excluding ortho intramolecular Hbond substituents is 2. The number of hydrogen-bond donors (Lipinski definition) is 3. The molecule has 0 aromatic heterocycles. The molecular formula is C43H46N4O8. The fraction of sp³-hybridized carbons (Fsp3) is 0.395. The largest absolute Gasteiger partial charge is 0.504 e. The van der Waals surface area contributed by atoms with Gasteiger partial charge in [0.15, 0.2) is 23.0 Å². The normalized spacial score (nSPS) is 22.3. The number of rotatable bonds is 8. The molecule has 0 radical (unpaired) electrons. The van der Waals surface area contributed by atoms with Crippen molar-refractivity contribution in [1.29, 1.82) is 5.26 Å². The first-order chi connectivity index (χ1) is 26.6. The van der Waals surface area contributed by atoms with Crippen LogP contribution in [-0.4, -0.2) is 92.9 Å². The van der Waals surface area contributed by atoms with Gasteiger partial charge >= 0.3 is 6.09 Å². The molecule has 1 unspecified atom stereocenters. The van der Waals surface area contributed by atoms with Crippen molar-refractivity contribution < 1.29 is 38.7 Å². The summed E-state index contributed by atoms with van der Waals surface area (Å²) in [6.07, 6.45) is 0.152.